The van der Waals surface area contributed by atoms with Gasteiger partial charge in [-0.3, -0.25) is 14.9 Å². The number of benzene rings is 1. The van der Waals surface area contributed by atoms with E-state index in [1.54, 1.807) is 23.6 Å². The summed E-state index contributed by atoms with van der Waals surface area (Å²) in [7, 11) is 1.31. The lowest BCUT2D eigenvalue weighted by Crippen LogP contribution is -2.12. The monoisotopic (exact) mass is 388 g/mol. The quantitative estimate of drug-likeness (QED) is 0.812. The van der Waals surface area contributed by atoms with Gasteiger partial charge in [-0.15, -0.1) is 11.3 Å². The van der Waals surface area contributed by atoms with Crippen molar-refractivity contribution in [2.45, 2.75) is 6.42 Å². The standard InChI is InChI=1S/C13H10BrClN2O3S/c1-20-10(18)5-7-6-21-13(16-7)17-12(19)8-3-2-4-9(14)11(8)15/h2-4,6H,5H2,1H3,(H,16,17,19). The number of halogens is 2. The molecule has 0 atom stereocenters. The molecule has 1 aromatic carbocycles. The fraction of sp³-hybridized carbons (Fsp3) is 0.154. The number of esters is 1. The molecular weight excluding hydrogens is 380 g/mol. The Labute approximate surface area is 138 Å². The molecule has 0 bridgehead atoms. The van der Waals surface area contributed by atoms with E-state index >= 15 is 0 Å². The van der Waals surface area contributed by atoms with Gasteiger partial charge in [0.15, 0.2) is 5.13 Å². The molecule has 0 saturated heterocycles. The second kappa shape index (κ2) is 7.02. The topological polar surface area (TPSA) is 68.3 Å². The number of methoxy groups -OCH3 is 1. The third-order valence-corrected chi connectivity index (χ3v) is 4.62. The molecule has 0 aliphatic heterocycles. The van der Waals surface area contributed by atoms with Crippen LogP contribution in [0.1, 0.15) is 16.1 Å². The normalized spacial score (nSPS) is 10.2. The zero-order valence-electron chi connectivity index (χ0n) is 10.9. The molecule has 2 aromatic rings. The maximum atomic E-state index is 12.1. The summed E-state index contributed by atoms with van der Waals surface area (Å²) in [6.07, 6.45) is 0.0700. The largest absolute Gasteiger partial charge is 0.469 e. The van der Waals surface area contributed by atoms with Crippen LogP contribution in [-0.2, 0) is 16.0 Å². The van der Waals surface area contributed by atoms with Crippen LogP contribution in [0, 0.1) is 0 Å². The minimum atomic E-state index is -0.381. The highest BCUT2D eigenvalue weighted by atomic mass is 79.9. The number of rotatable bonds is 4. The van der Waals surface area contributed by atoms with Gasteiger partial charge in [-0.25, -0.2) is 4.98 Å². The van der Waals surface area contributed by atoms with E-state index in [2.05, 4.69) is 31.0 Å². The Kier molecular flexibility index (Phi) is 5.33. The number of nitrogens with one attached hydrogen (secondary N) is 1. The molecule has 1 amide bonds. The lowest BCUT2D eigenvalue weighted by atomic mass is 10.2. The summed E-state index contributed by atoms with van der Waals surface area (Å²) < 4.78 is 5.20. The van der Waals surface area contributed by atoms with Crippen LogP contribution >= 0.6 is 38.9 Å². The van der Waals surface area contributed by atoms with E-state index in [0.29, 0.717) is 25.9 Å². The van der Waals surface area contributed by atoms with E-state index in [4.69, 9.17) is 11.6 Å². The summed E-state index contributed by atoms with van der Waals surface area (Å²) in [6, 6.07) is 5.08. The molecule has 2 rings (SSSR count). The number of anilines is 1. The van der Waals surface area contributed by atoms with E-state index in [1.165, 1.54) is 18.4 Å². The highest BCUT2D eigenvalue weighted by Crippen LogP contribution is 2.27. The van der Waals surface area contributed by atoms with E-state index in [-0.39, 0.29) is 18.3 Å². The fourth-order valence-electron chi connectivity index (χ4n) is 1.51. The maximum absolute atomic E-state index is 12.1. The van der Waals surface area contributed by atoms with Gasteiger partial charge in [0, 0.05) is 9.85 Å². The van der Waals surface area contributed by atoms with Crippen LogP contribution in [0.5, 0.6) is 0 Å². The minimum absolute atomic E-state index is 0.0700. The number of hydrogen-bond acceptors (Lipinski definition) is 5. The van der Waals surface area contributed by atoms with Gasteiger partial charge >= 0.3 is 5.97 Å². The minimum Gasteiger partial charge on any atom is -0.469 e. The Morgan fingerprint density at radius 1 is 1.48 bits per heavy atom. The Morgan fingerprint density at radius 3 is 2.95 bits per heavy atom. The molecule has 0 saturated carbocycles. The molecule has 0 unspecified atom stereocenters. The molecule has 110 valence electrons. The van der Waals surface area contributed by atoms with Gasteiger partial charge in [0.2, 0.25) is 0 Å². The van der Waals surface area contributed by atoms with Crippen molar-refractivity contribution in [3.8, 4) is 0 Å². The summed E-state index contributed by atoms with van der Waals surface area (Å²) in [4.78, 5) is 27.4. The van der Waals surface area contributed by atoms with E-state index in [1.807, 2.05) is 0 Å². The van der Waals surface area contributed by atoms with E-state index in [9.17, 15) is 9.59 Å². The summed E-state index contributed by atoms with van der Waals surface area (Å²) in [6.45, 7) is 0. The molecule has 0 aliphatic carbocycles. The zero-order valence-corrected chi connectivity index (χ0v) is 14.0. The molecule has 5 nitrogen and oxygen atoms in total. The third-order valence-electron chi connectivity index (χ3n) is 2.52. The second-order valence-electron chi connectivity index (χ2n) is 3.95. The average Bonchev–Trinajstić information content (AvgIpc) is 2.88. The first kappa shape index (κ1) is 15.9. The van der Waals surface area contributed by atoms with Crippen molar-refractivity contribution in [2.24, 2.45) is 0 Å². The molecule has 0 fully saturated rings. The van der Waals surface area contributed by atoms with Gasteiger partial charge in [-0.2, -0.15) is 0 Å². The highest BCUT2D eigenvalue weighted by molar-refractivity contribution is 9.10. The van der Waals surface area contributed by atoms with Gasteiger partial charge in [-0.05, 0) is 28.1 Å². The van der Waals surface area contributed by atoms with Crippen molar-refractivity contribution < 1.29 is 14.3 Å². The highest BCUT2D eigenvalue weighted by Gasteiger charge is 2.15. The van der Waals surface area contributed by atoms with Crippen LogP contribution in [0.25, 0.3) is 0 Å². The van der Waals surface area contributed by atoms with Crippen LogP contribution in [0.15, 0.2) is 28.1 Å². The first-order chi connectivity index (χ1) is 10.0. The van der Waals surface area contributed by atoms with E-state index < -0.39 is 0 Å². The summed E-state index contributed by atoms with van der Waals surface area (Å²) >= 11 is 10.6. The maximum Gasteiger partial charge on any atom is 0.311 e. The third kappa shape index (κ3) is 4.03. The van der Waals surface area contributed by atoms with E-state index in [0.717, 1.165) is 0 Å². The first-order valence-corrected chi connectivity index (χ1v) is 7.83. The predicted molar refractivity (Wildman–Crippen MR) is 84.9 cm³/mol. The Hall–Kier alpha value is -1.44. The molecular formula is C13H10BrClN2O3S. The van der Waals surface area contributed by atoms with Crippen LogP contribution in [-0.4, -0.2) is 24.0 Å². The first-order valence-electron chi connectivity index (χ1n) is 5.78. The van der Waals surface area contributed by atoms with Crippen LogP contribution in [0.4, 0.5) is 5.13 Å². The molecule has 21 heavy (non-hydrogen) atoms. The summed E-state index contributed by atoms with van der Waals surface area (Å²) in [5.41, 5.74) is 0.887. The number of thiazole rings is 1. The number of carbonyl (C=O) groups excluding carboxylic acids is 2. The number of amides is 1. The smallest absolute Gasteiger partial charge is 0.311 e. The van der Waals surface area contributed by atoms with Crippen molar-refractivity contribution in [1.82, 2.24) is 4.98 Å². The number of hydrogen-bond donors (Lipinski definition) is 1. The molecule has 8 heteroatoms. The Bertz CT molecular complexity index is 690. The van der Waals surface area contributed by atoms with Crippen molar-refractivity contribution in [3.05, 3.63) is 44.3 Å². The summed E-state index contributed by atoms with van der Waals surface area (Å²) in [5.74, 6) is -0.742. The summed E-state index contributed by atoms with van der Waals surface area (Å²) in [5, 5.41) is 5.07. The Morgan fingerprint density at radius 2 is 2.24 bits per heavy atom. The van der Waals surface area contributed by atoms with Crippen LogP contribution < -0.4 is 5.32 Å². The SMILES string of the molecule is COC(=O)Cc1csc(NC(=O)c2cccc(Br)c2Cl)n1. The van der Waals surface area contributed by atoms with Crippen molar-refractivity contribution >= 4 is 55.9 Å². The van der Waals surface area contributed by atoms with Gasteiger partial charge in [-0.1, -0.05) is 17.7 Å². The van der Waals surface area contributed by atoms with Gasteiger partial charge in [0.05, 0.1) is 29.8 Å². The van der Waals surface area contributed by atoms with Gasteiger partial charge in [0.25, 0.3) is 5.91 Å². The van der Waals surface area contributed by atoms with Crippen LogP contribution in [0.3, 0.4) is 0 Å². The molecule has 0 radical (unpaired) electrons. The fourth-order valence-corrected chi connectivity index (χ4v) is 2.79. The Balaban J connectivity index is 2.09. The predicted octanol–water partition coefficient (Wildman–Crippen LogP) is 3.53. The van der Waals surface area contributed by atoms with Gasteiger partial charge < -0.3 is 4.74 Å². The lowest BCUT2D eigenvalue weighted by molar-refractivity contribution is -0.139. The zero-order chi connectivity index (χ0) is 15.4. The second-order valence-corrected chi connectivity index (χ2v) is 6.04. The van der Waals surface area contributed by atoms with Crippen LogP contribution in [0.2, 0.25) is 5.02 Å². The number of carbonyl (C=O) groups is 2. The molecule has 1 aromatic heterocycles. The van der Waals surface area contributed by atoms with Crippen molar-refractivity contribution in [2.75, 3.05) is 12.4 Å². The average molecular weight is 390 g/mol. The number of ether oxygens (including phenoxy) is 1. The molecule has 1 N–H and O–H groups in total. The van der Waals surface area contributed by atoms with Gasteiger partial charge in [0.1, 0.15) is 0 Å². The molecule has 1 heterocycles. The lowest BCUT2D eigenvalue weighted by Gasteiger charge is -2.05. The molecule has 0 aliphatic rings. The van der Waals surface area contributed by atoms with Crippen molar-refractivity contribution in [3.63, 3.8) is 0 Å². The van der Waals surface area contributed by atoms with Crippen molar-refractivity contribution in [1.29, 1.82) is 0 Å². The molecule has 0 spiro atoms. The number of aromatic nitrogens is 1. The number of nitrogens with zero attached hydrogens (tertiary/aromatic N) is 1.